The predicted octanol–water partition coefficient (Wildman–Crippen LogP) is 3.07. The van der Waals surface area contributed by atoms with Gasteiger partial charge in [-0.3, -0.25) is 0 Å². The molecular weight excluding hydrogens is 314 g/mol. The summed E-state index contributed by atoms with van der Waals surface area (Å²) in [7, 11) is 0. The average molecular weight is 341 g/mol. The number of anilines is 1. The van der Waals surface area contributed by atoms with E-state index in [1.54, 1.807) is 6.33 Å². The maximum absolute atomic E-state index is 11.2. The van der Waals surface area contributed by atoms with Gasteiger partial charge in [-0.25, -0.2) is 15.0 Å². The zero-order valence-electron chi connectivity index (χ0n) is 15.3. The first-order chi connectivity index (χ1) is 12.0. The molecule has 0 aliphatic heterocycles. The van der Waals surface area contributed by atoms with Crippen molar-refractivity contribution in [3.63, 3.8) is 0 Å². The predicted molar refractivity (Wildman–Crippen MR) is 99.1 cm³/mol. The van der Waals surface area contributed by atoms with Gasteiger partial charge in [-0.1, -0.05) is 26.2 Å². The van der Waals surface area contributed by atoms with E-state index in [-0.39, 0.29) is 6.04 Å². The van der Waals surface area contributed by atoms with Crippen LogP contribution in [0.1, 0.15) is 58.7 Å². The molecular formula is C19H27N5O. The van der Waals surface area contributed by atoms with Crippen LogP contribution in [0.2, 0.25) is 0 Å². The lowest BCUT2D eigenvalue weighted by atomic mass is 9.78. The van der Waals surface area contributed by atoms with Gasteiger partial charge in [-0.05, 0) is 38.5 Å². The lowest BCUT2D eigenvalue weighted by molar-refractivity contribution is -0.0253. The zero-order valence-corrected chi connectivity index (χ0v) is 15.3. The second-order valence-corrected chi connectivity index (χ2v) is 7.33. The third-order valence-corrected chi connectivity index (χ3v) is 5.11. The largest absolute Gasteiger partial charge is 0.382 e. The van der Waals surface area contributed by atoms with E-state index in [2.05, 4.69) is 42.0 Å². The van der Waals surface area contributed by atoms with Crippen LogP contribution in [0.5, 0.6) is 0 Å². The number of terminal acetylenes is 1. The van der Waals surface area contributed by atoms with E-state index in [9.17, 15) is 5.11 Å². The lowest BCUT2D eigenvalue weighted by Gasteiger charge is -2.34. The molecule has 0 bridgehead atoms. The molecule has 25 heavy (non-hydrogen) atoms. The molecule has 3 rings (SSSR count). The second kappa shape index (κ2) is 7.01. The summed E-state index contributed by atoms with van der Waals surface area (Å²) in [4.78, 5) is 13.8. The molecule has 0 amide bonds. The molecule has 2 N–H and O–H groups in total. The number of rotatable bonds is 5. The molecule has 134 valence electrons. The van der Waals surface area contributed by atoms with E-state index in [1.807, 2.05) is 4.57 Å². The molecule has 6 nitrogen and oxygen atoms in total. The van der Waals surface area contributed by atoms with Crippen LogP contribution in [0.4, 0.5) is 5.82 Å². The monoisotopic (exact) mass is 341 g/mol. The Hall–Kier alpha value is -2.13. The molecule has 1 fully saturated rings. The van der Waals surface area contributed by atoms with E-state index in [1.165, 1.54) is 0 Å². The van der Waals surface area contributed by atoms with Gasteiger partial charge in [0.05, 0.1) is 12.9 Å². The highest BCUT2D eigenvalue weighted by Crippen LogP contribution is 2.39. The molecule has 0 spiro atoms. The van der Waals surface area contributed by atoms with Crippen LogP contribution in [0.25, 0.3) is 11.2 Å². The third-order valence-electron chi connectivity index (χ3n) is 5.11. The first-order valence-corrected chi connectivity index (χ1v) is 9.12. The normalized spacial score (nSPS) is 24.8. The maximum Gasteiger partial charge on any atom is 0.166 e. The molecule has 1 aliphatic carbocycles. The van der Waals surface area contributed by atoms with Crippen LogP contribution in [-0.4, -0.2) is 30.7 Å². The van der Waals surface area contributed by atoms with Crippen molar-refractivity contribution >= 4 is 17.0 Å². The van der Waals surface area contributed by atoms with Gasteiger partial charge in [0.25, 0.3) is 0 Å². The quantitative estimate of drug-likeness (QED) is 0.818. The Labute approximate surface area is 149 Å². The van der Waals surface area contributed by atoms with Gasteiger partial charge in [-0.15, -0.1) is 6.42 Å². The van der Waals surface area contributed by atoms with Crippen LogP contribution in [0.3, 0.4) is 0 Å². The number of imidazole rings is 1. The highest BCUT2D eigenvalue weighted by molar-refractivity contribution is 5.83. The van der Waals surface area contributed by atoms with E-state index in [4.69, 9.17) is 11.4 Å². The third kappa shape index (κ3) is 3.47. The summed E-state index contributed by atoms with van der Waals surface area (Å²) in [5, 5.41) is 14.6. The van der Waals surface area contributed by atoms with Crippen molar-refractivity contribution in [2.75, 3.05) is 5.32 Å². The minimum Gasteiger partial charge on any atom is -0.382 e. The Bertz CT molecular complexity index is 793. The number of hydrogen-bond acceptors (Lipinski definition) is 5. The number of aliphatic hydroxyl groups is 1. The molecule has 3 atom stereocenters. The summed E-state index contributed by atoms with van der Waals surface area (Å²) in [6.07, 6.45) is 11.6. The van der Waals surface area contributed by atoms with Gasteiger partial charge >= 0.3 is 0 Å². The number of aromatic nitrogens is 4. The van der Waals surface area contributed by atoms with Gasteiger partial charge in [0.1, 0.15) is 11.1 Å². The van der Waals surface area contributed by atoms with Gasteiger partial charge in [0, 0.05) is 6.04 Å². The van der Waals surface area contributed by atoms with Crippen molar-refractivity contribution in [1.82, 2.24) is 19.5 Å². The minimum absolute atomic E-state index is 0.253. The van der Waals surface area contributed by atoms with Gasteiger partial charge < -0.3 is 15.0 Å². The molecule has 2 heterocycles. The van der Waals surface area contributed by atoms with Crippen LogP contribution < -0.4 is 5.32 Å². The van der Waals surface area contributed by atoms with Gasteiger partial charge in [0.2, 0.25) is 0 Å². The summed E-state index contributed by atoms with van der Waals surface area (Å²) in [5.41, 5.74) is 0.398. The van der Waals surface area contributed by atoms with E-state index in [0.29, 0.717) is 48.1 Å². The fourth-order valence-electron chi connectivity index (χ4n) is 3.53. The number of hydrogen-bond donors (Lipinski definition) is 2. The number of nitrogens with one attached hydrogen (secondary N) is 1. The smallest absolute Gasteiger partial charge is 0.166 e. The second-order valence-electron chi connectivity index (χ2n) is 7.33. The van der Waals surface area contributed by atoms with Gasteiger partial charge in [-0.2, -0.15) is 0 Å². The van der Waals surface area contributed by atoms with Crippen molar-refractivity contribution in [2.45, 2.75) is 71.1 Å². The van der Waals surface area contributed by atoms with Crippen molar-refractivity contribution < 1.29 is 5.11 Å². The first-order valence-electron chi connectivity index (χ1n) is 9.12. The SMILES string of the molecule is C#CCn1cnc2c(N[C@@H](C)CC)nc([C@]3(O)CCC[C@@H](C)C3)nc21. The van der Waals surface area contributed by atoms with Crippen molar-refractivity contribution in [2.24, 2.45) is 5.92 Å². The van der Waals surface area contributed by atoms with Crippen molar-refractivity contribution in [3.05, 3.63) is 12.2 Å². The van der Waals surface area contributed by atoms with Crippen LogP contribution in [0.15, 0.2) is 6.33 Å². The Kier molecular flexibility index (Phi) is 4.96. The molecule has 2 aromatic heterocycles. The minimum atomic E-state index is -0.983. The molecule has 0 radical (unpaired) electrons. The average Bonchev–Trinajstić information content (AvgIpc) is 2.98. The molecule has 2 aromatic rings. The zero-order chi connectivity index (χ0) is 18.0. The first kappa shape index (κ1) is 17.7. The highest BCUT2D eigenvalue weighted by atomic mass is 16.3. The summed E-state index contributed by atoms with van der Waals surface area (Å²) < 4.78 is 1.83. The number of nitrogens with zero attached hydrogens (tertiary/aromatic N) is 4. The number of fused-ring (bicyclic) bond motifs is 1. The summed E-state index contributed by atoms with van der Waals surface area (Å²) >= 11 is 0. The fourth-order valence-corrected chi connectivity index (χ4v) is 3.53. The van der Waals surface area contributed by atoms with Crippen molar-refractivity contribution in [1.29, 1.82) is 0 Å². The fraction of sp³-hybridized carbons (Fsp3) is 0.632. The topological polar surface area (TPSA) is 75.9 Å². The Morgan fingerprint density at radius 3 is 3.00 bits per heavy atom. The molecule has 6 heteroatoms. The Morgan fingerprint density at radius 1 is 1.52 bits per heavy atom. The van der Waals surface area contributed by atoms with Crippen LogP contribution in [-0.2, 0) is 12.1 Å². The Balaban J connectivity index is 2.11. The molecule has 0 unspecified atom stereocenters. The van der Waals surface area contributed by atoms with Crippen molar-refractivity contribution in [3.8, 4) is 12.3 Å². The van der Waals surface area contributed by atoms with E-state index in [0.717, 1.165) is 19.3 Å². The standard InChI is InChI=1S/C19H27N5O/c1-5-10-24-12-20-15-16(21-14(4)6-2)22-18(23-17(15)24)19(25)9-7-8-13(3)11-19/h1,12-14,25H,6-11H2,2-4H3,(H,21,22,23)/t13-,14+,19+/m1/s1. The molecule has 1 saturated carbocycles. The van der Waals surface area contributed by atoms with E-state index >= 15 is 0 Å². The summed E-state index contributed by atoms with van der Waals surface area (Å²) in [6, 6.07) is 0.253. The summed E-state index contributed by atoms with van der Waals surface area (Å²) in [6.45, 7) is 6.78. The van der Waals surface area contributed by atoms with Gasteiger partial charge in [0.15, 0.2) is 17.3 Å². The molecule has 1 aliphatic rings. The lowest BCUT2D eigenvalue weighted by Crippen LogP contribution is -2.34. The Morgan fingerprint density at radius 2 is 2.32 bits per heavy atom. The maximum atomic E-state index is 11.2. The summed E-state index contributed by atoms with van der Waals surface area (Å²) in [5.74, 6) is 4.25. The highest BCUT2D eigenvalue weighted by Gasteiger charge is 2.38. The molecule has 0 saturated heterocycles. The van der Waals surface area contributed by atoms with E-state index < -0.39 is 5.60 Å². The van der Waals surface area contributed by atoms with Crippen LogP contribution in [0, 0.1) is 18.3 Å². The molecule has 0 aromatic carbocycles. The van der Waals surface area contributed by atoms with Crippen LogP contribution >= 0.6 is 0 Å².